The van der Waals surface area contributed by atoms with E-state index in [1.807, 2.05) is 20.8 Å². The Morgan fingerprint density at radius 2 is 1.86 bits per heavy atom. The van der Waals surface area contributed by atoms with Crippen molar-refractivity contribution in [2.45, 2.75) is 58.1 Å². The number of pyridine rings is 1. The molecule has 6 nitrogen and oxygen atoms in total. The minimum absolute atomic E-state index is 0.0580. The molecule has 35 heavy (non-hydrogen) atoms. The van der Waals surface area contributed by atoms with Gasteiger partial charge in [-0.1, -0.05) is 20.8 Å². The van der Waals surface area contributed by atoms with Crippen LogP contribution < -0.4 is 4.72 Å². The predicted octanol–water partition coefficient (Wildman–Crippen LogP) is 5.36. The van der Waals surface area contributed by atoms with Gasteiger partial charge in [0.05, 0.1) is 5.25 Å². The molecular formula is C24H24F4N4O2S. The van der Waals surface area contributed by atoms with Crippen molar-refractivity contribution in [3.8, 4) is 17.2 Å². The fourth-order valence-electron chi connectivity index (χ4n) is 4.00. The molecule has 186 valence electrons. The van der Waals surface area contributed by atoms with Crippen molar-refractivity contribution >= 4 is 20.9 Å². The molecule has 1 saturated carbocycles. The molecule has 1 fully saturated rings. The van der Waals surface area contributed by atoms with Gasteiger partial charge in [-0.3, -0.25) is 0 Å². The average Bonchev–Trinajstić information content (AvgIpc) is 3.56. The number of hydrogen-bond acceptors (Lipinski definition) is 4. The third kappa shape index (κ3) is 5.33. The first-order chi connectivity index (χ1) is 16.2. The minimum atomic E-state index is -4.90. The average molecular weight is 509 g/mol. The van der Waals surface area contributed by atoms with Crippen LogP contribution in [0.2, 0.25) is 0 Å². The van der Waals surface area contributed by atoms with Crippen molar-refractivity contribution in [3.05, 3.63) is 53.2 Å². The predicted molar refractivity (Wildman–Crippen MR) is 123 cm³/mol. The highest BCUT2D eigenvalue weighted by Crippen LogP contribution is 2.39. The Bertz CT molecular complexity index is 1440. The van der Waals surface area contributed by atoms with Crippen LogP contribution in [0.1, 0.15) is 50.6 Å². The quantitative estimate of drug-likeness (QED) is 0.454. The first kappa shape index (κ1) is 25.1. The number of sulfonamides is 1. The van der Waals surface area contributed by atoms with Crippen LogP contribution in [0.15, 0.2) is 30.5 Å². The van der Waals surface area contributed by atoms with Gasteiger partial charge in [-0.2, -0.15) is 18.4 Å². The van der Waals surface area contributed by atoms with Crippen molar-refractivity contribution < 1.29 is 26.0 Å². The summed E-state index contributed by atoms with van der Waals surface area (Å²) >= 11 is 0. The fraction of sp³-hybridized carbons (Fsp3) is 0.417. The van der Waals surface area contributed by atoms with Crippen LogP contribution >= 0.6 is 0 Å². The Morgan fingerprint density at radius 1 is 1.17 bits per heavy atom. The summed E-state index contributed by atoms with van der Waals surface area (Å²) in [5, 5.41) is 8.96. The lowest BCUT2D eigenvalue weighted by molar-refractivity contribution is -0.140. The summed E-state index contributed by atoms with van der Waals surface area (Å²) in [4.78, 5) is 3.39. The second-order valence-corrected chi connectivity index (χ2v) is 12.0. The molecule has 0 spiro atoms. The molecule has 2 heterocycles. The van der Waals surface area contributed by atoms with Crippen molar-refractivity contribution in [1.82, 2.24) is 14.3 Å². The SMILES string of the molecule is CC(C)(C)Cn1cc(CNS(=O)(=O)C2CC2)c2cc(F)c(-c3ccc(C#N)nc3C(F)(F)F)cc21. The van der Waals surface area contributed by atoms with Crippen molar-refractivity contribution in [2.24, 2.45) is 5.41 Å². The number of hydrogen-bond donors (Lipinski definition) is 1. The number of nitrogens with one attached hydrogen (secondary N) is 1. The number of fused-ring (bicyclic) bond motifs is 1. The third-order valence-electron chi connectivity index (χ3n) is 5.69. The van der Waals surface area contributed by atoms with Gasteiger partial charge in [-0.25, -0.2) is 22.5 Å². The summed E-state index contributed by atoms with van der Waals surface area (Å²) in [6.07, 6.45) is -2.00. The smallest absolute Gasteiger partial charge is 0.347 e. The van der Waals surface area contributed by atoms with Crippen LogP contribution in [0.4, 0.5) is 17.6 Å². The molecule has 0 saturated heterocycles. The number of aromatic nitrogens is 2. The maximum absolute atomic E-state index is 15.3. The van der Waals surface area contributed by atoms with E-state index in [-0.39, 0.29) is 17.5 Å². The van der Waals surface area contributed by atoms with E-state index in [9.17, 15) is 21.6 Å². The van der Waals surface area contributed by atoms with Gasteiger partial charge in [0.15, 0.2) is 5.69 Å². The summed E-state index contributed by atoms with van der Waals surface area (Å²) in [5.74, 6) is -0.908. The highest BCUT2D eigenvalue weighted by Gasteiger charge is 2.37. The first-order valence-corrected chi connectivity index (χ1v) is 12.5. The summed E-state index contributed by atoms with van der Waals surface area (Å²) in [6, 6.07) is 6.18. The lowest BCUT2D eigenvalue weighted by atomic mass is 9.96. The van der Waals surface area contributed by atoms with Gasteiger partial charge in [-0.05, 0) is 48.1 Å². The number of halogens is 4. The van der Waals surface area contributed by atoms with Gasteiger partial charge in [0.1, 0.15) is 17.6 Å². The molecule has 2 aromatic heterocycles. The van der Waals surface area contributed by atoms with Crippen LogP contribution in [-0.4, -0.2) is 23.2 Å². The standard InChI is InChI=1S/C24H24F4N4O2S/c1-23(2,3)13-32-12-14(11-30-35(33,34)16-5-6-16)18-8-20(25)19(9-21(18)32)17-7-4-15(10-29)31-22(17)24(26,27)28/h4,7-9,12,16,30H,5-6,11,13H2,1-3H3. The van der Waals surface area contributed by atoms with Crippen molar-refractivity contribution in [1.29, 1.82) is 5.26 Å². The first-order valence-electron chi connectivity index (χ1n) is 11.0. The van der Waals surface area contributed by atoms with E-state index in [4.69, 9.17) is 5.26 Å². The number of nitrogens with zero attached hydrogens (tertiary/aromatic N) is 3. The molecule has 1 aliphatic carbocycles. The normalized spacial score (nSPS) is 14.9. The lowest BCUT2D eigenvalue weighted by Crippen LogP contribution is -2.26. The second kappa shape index (κ2) is 8.60. The van der Waals surface area contributed by atoms with Crippen LogP contribution in [0.5, 0.6) is 0 Å². The molecule has 1 aromatic carbocycles. The zero-order valence-electron chi connectivity index (χ0n) is 19.4. The molecule has 1 N–H and O–H groups in total. The van der Waals surface area contributed by atoms with Gasteiger partial charge in [-0.15, -0.1) is 0 Å². The number of benzene rings is 1. The molecule has 0 unspecified atom stereocenters. The molecule has 3 aromatic rings. The molecule has 0 atom stereocenters. The zero-order valence-corrected chi connectivity index (χ0v) is 20.2. The molecular weight excluding hydrogens is 484 g/mol. The topological polar surface area (TPSA) is 87.8 Å². The summed E-state index contributed by atoms with van der Waals surface area (Å²) in [5.41, 5.74) is -1.79. The van der Waals surface area contributed by atoms with E-state index in [1.54, 1.807) is 16.8 Å². The Balaban J connectivity index is 1.87. The Hall–Kier alpha value is -2.97. The van der Waals surface area contributed by atoms with Gasteiger partial charge in [0.25, 0.3) is 0 Å². The van der Waals surface area contributed by atoms with E-state index in [0.717, 1.165) is 18.2 Å². The largest absolute Gasteiger partial charge is 0.434 e. The van der Waals surface area contributed by atoms with Crippen molar-refractivity contribution in [2.75, 3.05) is 0 Å². The second-order valence-electron chi connectivity index (χ2n) is 9.96. The van der Waals surface area contributed by atoms with Crippen LogP contribution in [0.25, 0.3) is 22.0 Å². The molecule has 0 bridgehead atoms. The summed E-state index contributed by atoms with van der Waals surface area (Å²) < 4.78 is 85.4. The fourth-order valence-corrected chi connectivity index (χ4v) is 5.35. The maximum atomic E-state index is 15.3. The van der Waals surface area contributed by atoms with E-state index >= 15 is 4.39 Å². The van der Waals surface area contributed by atoms with E-state index < -0.39 is 44.2 Å². The van der Waals surface area contributed by atoms with Gasteiger partial charge >= 0.3 is 6.18 Å². The van der Waals surface area contributed by atoms with E-state index in [1.165, 1.54) is 6.07 Å². The Labute approximate surface area is 200 Å². The highest BCUT2D eigenvalue weighted by atomic mass is 32.2. The molecule has 1 aliphatic rings. The lowest BCUT2D eigenvalue weighted by Gasteiger charge is -2.20. The Kier molecular flexibility index (Phi) is 6.18. The highest BCUT2D eigenvalue weighted by molar-refractivity contribution is 7.90. The monoisotopic (exact) mass is 508 g/mol. The van der Waals surface area contributed by atoms with Crippen LogP contribution in [0.3, 0.4) is 0 Å². The summed E-state index contributed by atoms with van der Waals surface area (Å²) in [6.45, 7) is 6.33. The zero-order chi connectivity index (χ0) is 25.8. The Morgan fingerprint density at radius 3 is 2.43 bits per heavy atom. The van der Waals surface area contributed by atoms with Crippen molar-refractivity contribution in [3.63, 3.8) is 0 Å². The van der Waals surface area contributed by atoms with Crippen LogP contribution in [0, 0.1) is 22.6 Å². The number of nitriles is 1. The summed E-state index contributed by atoms with van der Waals surface area (Å²) in [7, 11) is -3.48. The maximum Gasteiger partial charge on any atom is 0.434 e. The third-order valence-corrected chi connectivity index (χ3v) is 7.59. The van der Waals surface area contributed by atoms with Crippen LogP contribution in [-0.2, 0) is 29.3 Å². The van der Waals surface area contributed by atoms with Gasteiger partial charge in [0, 0.05) is 41.3 Å². The molecule has 4 rings (SSSR count). The van der Waals surface area contributed by atoms with E-state index in [2.05, 4.69) is 9.71 Å². The number of rotatable bonds is 6. The molecule has 0 amide bonds. The molecule has 0 radical (unpaired) electrons. The molecule has 0 aliphatic heterocycles. The van der Waals surface area contributed by atoms with E-state index in [0.29, 0.717) is 35.9 Å². The van der Waals surface area contributed by atoms with Gasteiger partial charge in [0.2, 0.25) is 10.0 Å². The van der Waals surface area contributed by atoms with Gasteiger partial charge < -0.3 is 4.57 Å². The number of alkyl halides is 3. The molecule has 11 heteroatoms. The minimum Gasteiger partial charge on any atom is -0.347 e.